The molecule has 0 bridgehead atoms. The molecule has 3 aromatic rings. The molecule has 1 aliphatic heterocycles. The number of fused-ring (bicyclic) bond motifs is 3. The molecule has 4 rings (SSSR count). The third-order valence-corrected chi connectivity index (χ3v) is 4.66. The van der Waals surface area contributed by atoms with E-state index in [9.17, 15) is 4.39 Å². The number of aromatic amines is 1. The number of halogens is 1. The van der Waals surface area contributed by atoms with Crippen molar-refractivity contribution in [2.75, 3.05) is 25.5 Å². The van der Waals surface area contributed by atoms with E-state index in [-0.39, 0.29) is 11.9 Å². The lowest BCUT2D eigenvalue weighted by atomic mass is 9.94. The molecule has 2 aromatic carbocycles. The number of nitrogens with one attached hydrogen (secondary N) is 2. The van der Waals surface area contributed by atoms with Crippen LogP contribution < -0.4 is 10.2 Å². The summed E-state index contributed by atoms with van der Waals surface area (Å²) >= 11 is 0. The average Bonchev–Trinajstić information content (AvgIpc) is 2.93. The molecular weight excluding hydrogens is 289 g/mol. The highest BCUT2D eigenvalue weighted by molar-refractivity contribution is 5.85. The molecule has 2 N–H and O–H groups in total. The van der Waals surface area contributed by atoms with Crippen LogP contribution in [0.2, 0.25) is 0 Å². The smallest absolute Gasteiger partial charge is 0.123 e. The third kappa shape index (κ3) is 2.39. The van der Waals surface area contributed by atoms with Gasteiger partial charge >= 0.3 is 0 Å². The lowest BCUT2D eigenvalue weighted by molar-refractivity contribution is 0.560. The molecule has 0 aliphatic carbocycles. The van der Waals surface area contributed by atoms with E-state index in [1.54, 1.807) is 6.07 Å². The molecule has 4 heteroatoms. The van der Waals surface area contributed by atoms with E-state index < -0.39 is 0 Å². The lowest BCUT2D eigenvalue weighted by Crippen LogP contribution is -2.30. The number of hydrogen-bond donors (Lipinski definition) is 2. The van der Waals surface area contributed by atoms with Crippen molar-refractivity contribution in [2.45, 2.75) is 12.5 Å². The van der Waals surface area contributed by atoms with Crippen LogP contribution in [0.3, 0.4) is 0 Å². The Kier molecular flexibility index (Phi) is 3.34. The van der Waals surface area contributed by atoms with Crippen LogP contribution in [0.5, 0.6) is 0 Å². The summed E-state index contributed by atoms with van der Waals surface area (Å²) < 4.78 is 13.6. The SMILES string of the molecule is CN(C)c1ccc([C@H]2NCCc3c2[nH]c2ccc(F)cc32)cc1. The Balaban J connectivity index is 1.79. The van der Waals surface area contributed by atoms with Gasteiger partial charge in [0.15, 0.2) is 0 Å². The molecule has 23 heavy (non-hydrogen) atoms. The Hall–Kier alpha value is -2.33. The predicted octanol–water partition coefficient (Wildman–Crippen LogP) is 3.61. The van der Waals surface area contributed by atoms with E-state index in [1.807, 2.05) is 20.2 Å². The zero-order chi connectivity index (χ0) is 16.0. The highest BCUT2D eigenvalue weighted by atomic mass is 19.1. The van der Waals surface area contributed by atoms with E-state index in [0.29, 0.717) is 0 Å². The zero-order valence-electron chi connectivity index (χ0n) is 13.4. The lowest BCUT2D eigenvalue weighted by Gasteiger charge is -2.25. The van der Waals surface area contributed by atoms with Crippen molar-refractivity contribution in [1.82, 2.24) is 10.3 Å². The van der Waals surface area contributed by atoms with Gasteiger partial charge in [-0.05, 0) is 47.9 Å². The number of benzene rings is 2. The minimum Gasteiger partial charge on any atom is -0.378 e. The summed E-state index contributed by atoms with van der Waals surface area (Å²) in [6.07, 6.45) is 0.922. The Labute approximate surface area is 135 Å². The molecule has 1 aromatic heterocycles. The number of H-pyrrole nitrogens is 1. The molecule has 0 unspecified atom stereocenters. The van der Waals surface area contributed by atoms with Crippen LogP contribution in [0.1, 0.15) is 22.9 Å². The van der Waals surface area contributed by atoms with Gasteiger partial charge in [-0.2, -0.15) is 0 Å². The van der Waals surface area contributed by atoms with Crippen LogP contribution in [-0.4, -0.2) is 25.6 Å². The van der Waals surface area contributed by atoms with Gasteiger partial charge in [-0.15, -0.1) is 0 Å². The highest BCUT2D eigenvalue weighted by Gasteiger charge is 2.25. The maximum atomic E-state index is 13.6. The van der Waals surface area contributed by atoms with Crippen LogP contribution in [0.25, 0.3) is 10.9 Å². The second kappa shape index (κ2) is 5.39. The molecule has 0 radical (unpaired) electrons. The van der Waals surface area contributed by atoms with Gasteiger partial charge in [0.1, 0.15) is 5.82 Å². The third-order valence-electron chi connectivity index (χ3n) is 4.66. The first-order valence-electron chi connectivity index (χ1n) is 7.94. The van der Waals surface area contributed by atoms with Gasteiger partial charge in [0, 0.05) is 42.9 Å². The first-order valence-corrected chi connectivity index (χ1v) is 7.94. The number of hydrogen-bond acceptors (Lipinski definition) is 2. The van der Waals surface area contributed by atoms with Crippen LogP contribution in [0, 0.1) is 5.82 Å². The van der Waals surface area contributed by atoms with Crippen LogP contribution >= 0.6 is 0 Å². The second-order valence-electron chi connectivity index (χ2n) is 6.33. The summed E-state index contributed by atoms with van der Waals surface area (Å²) in [5.41, 5.74) is 5.82. The first kappa shape index (κ1) is 14.3. The first-order chi connectivity index (χ1) is 11.1. The van der Waals surface area contributed by atoms with Gasteiger partial charge in [-0.25, -0.2) is 4.39 Å². The summed E-state index contributed by atoms with van der Waals surface area (Å²) in [6, 6.07) is 13.7. The maximum Gasteiger partial charge on any atom is 0.123 e. The number of aromatic nitrogens is 1. The fraction of sp³-hybridized carbons (Fsp3) is 0.263. The van der Waals surface area contributed by atoms with Crippen LogP contribution in [0.4, 0.5) is 10.1 Å². The number of anilines is 1. The van der Waals surface area contributed by atoms with Crippen molar-refractivity contribution in [3.8, 4) is 0 Å². The van der Waals surface area contributed by atoms with Crippen LogP contribution in [0.15, 0.2) is 42.5 Å². The quantitative estimate of drug-likeness (QED) is 0.758. The Bertz CT molecular complexity index is 849. The zero-order valence-corrected chi connectivity index (χ0v) is 13.4. The van der Waals surface area contributed by atoms with Crippen molar-refractivity contribution in [3.63, 3.8) is 0 Å². The van der Waals surface area contributed by atoms with Gasteiger partial charge in [0.05, 0.1) is 6.04 Å². The Morgan fingerprint density at radius 1 is 1.09 bits per heavy atom. The molecule has 0 saturated heterocycles. The van der Waals surface area contributed by atoms with E-state index in [4.69, 9.17) is 0 Å². The average molecular weight is 309 g/mol. The van der Waals surface area contributed by atoms with Gasteiger partial charge < -0.3 is 15.2 Å². The van der Waals surface area contributed by atoms with Crippen molar-refractivity contribution in [1.29, 1.82) is 0 Å². The van der Waals surface area contributed by atoms with Crippen molar-refractivity contribution >= 4 is 16.6 Å². The molecule has 1 atom stereocenters. The largest absolute Gasteiger partial charge is 0.378 e. The predicted molar refractivity (Wildman–Crippen MR) is 92.6 cm³/mol. The molecule has 3 nitrogen and oxygen atoms in total. The maximum absolute atomic E-state index is 13.6. The minimum absolute atomic E-state index is 0.130. The van der Waals surface area contributed by atoms with Gasteiger partial charge in [0.2, 0.25) is 0 Å². The molecule has 0 spiro atoms. The molecule has 1 aliphatic rings. The molecule has 0 amide bonds. The van der Waals surface area contributed by atoms with Crippen molar-refractivity contribution in [3.05, 3.63) is 65.1 Å². The molecule has 2 heterocycles. The summed E-state index contributed by atoms with van der Waals surface area (Å²) in [4.78, 5) is 5.58. The Morgan fingerprint density at radius 3 is 2.61 bits per heavy atom. The second-order valence-corrected chi connectivity index (χ2v) is 6.33. The van der Waals surface area contributed by atoms with Gasteiger partial charge in [-0.1, -0.05) is 12.1 Å². The number of rotatable bonds is 2. The van der Waals surface area contributed by atoms with E-state index in [1.165, 1.54) is 22.9 Å². The minimum atomic E-state index is -0.176. The monoisotopic (exact) mass is 309 g/mol. The van der Waals surface area contributed by atoms with Crippen molar-refractivity contribution < 1.29 is 4.39 Å². The normalized spacial score (nSPS) is 17.3. The molecular formula is C19H20FN3. The standard InChI is InChI=1S/C19H20FN3/c1-23(2)14-6-3-12(4-7-14)18-19-15(9-10-21-18)16-11-13(20)5-8-17(16)22-19/h3-8,11,18,21-22H,9-10H2,1-2H3/t18-/m1/s1. The molecule has 0 fully saturated rings. The Morgan fingerprint density at radius 2 is 1.87 bits per heavy atom. The highest BCUT2D eigenvalue weighted by Crippen LogP contribution is 2.34. The fourth-order valence-corrected chi connectivity index (χ4v) is 3.45. The van der Waals surface area contributed by atoms with Gasteiger partial charge in [0.25, 0.3) is 0 Å². The summed E-state index contributed by atoms with van der Waals surface area (Å²) in [5.74, 6) is -0.176. The summed E-state index contributed by atoms with van der Waals surface area (Å²) in [5, 5.41) is 4.59. The van der Waals surface area contributed by atoms with E-state index in [2.05, 4.69) is 39.5 Å². The van der Waals surface area contributed by atoms with E-state index in [0.717, 1.165) is 29.6 Å². The topological polar surface area (TPSA) is 31.1 Å². The summed E-state index contributed by atoms with van der Waals surface area (Å²) in [6.45, 7) is 0.899. The van der Waals surface area contributed by atoms with Crippen molar-refractivity contribution in [2.24, 2.45) is 0 Å². The van der Waals surface area contributed by atoms with E-state index >= 15 is 0 Å². The molecule has 118 valence electrons. The van der Waals surface area contributed by atoms with Gasteiger partial charge in [-0.3, -0.25) is 0 Å². The number of nitrogens with zero attached hydrogens (tertiary/aromatic N) is 1. The van der Waals surface area contributed by atoms with Crippen LogP contribution in [-0.2, 0) is 6.42 Å². The summed E-state index contributed by atoms with van der Waals surface area (Å²) in [7, 11) is 4.08. The molecule has 0 saturated carbocycles. The fourth-order valence-electron chi connectivity index (χ4n) is 3.45.